The van der Waals surface area contributed by atoms with Crippen LogP contribution in [0.5, 0.6) is 0 Å². The van der Waals surface area contributed by atoms with E-state index in [1.54, 1.807) is 6.92 Å². The van der Waals surface area contributed by atoms with Gasteiger partial charge < -0.3 is 10.6 Å². The number of nitrogens with zero attached hydrogens (tertiary/aromatic N) is 2. The molecule has 1 heterocycles. The van der Waals surface area contributed by atoms with E-state index < -0.39 is 0 Å². The fourth-order valence-electron chi connectivity index (χ4n) is 3.06. The summed E-state index contributed by atoms with van der Waals surface area (Å²) in [6.45, 7) is 3.54. The number of anilines is 3. The summed E-state index contributed by atoms with van der Waals surface area (Å²) in [5.74, 6) is 1.51. The van der Waals surface area contributed by atoms with Crippen molar-refractivity contribution in [1.82, 2.24) is 9.97 Å². The molecule has 2 N–H and O–H groups in total. The zero-order valence-electron chi connectivity index (χ0n) is 14.3. The fourth-order valence-corrected chi connectivity index (χ4v) is 3.06. The van der Waals surface area contributed by atoms with Crippen LogP contribution in [0.4, 0.5) is 17.5 Å². The molecule has 1 aromatic heterocycles. The molecule has 5 nitrogen and oxygen atoms in total. The highest BCUT2D eigenvalue weighted by Crippen LogP contribution is 2.22. The Morgan fingerprint density at radius 3 is 2.46 bits per heavy atom. The lowest BCUT2D eigenvalue weighted by Crippen LogP contribution is -2.23. The molecule has 0 radical (unpaired) electrons. The van der Waals surface area contributed by atoms with Gasteiger partial charge in [0.25, 0.3) is 0 Å². The zero-order chi connectivity index (χ0) is 16.9. The Hall–Kier alpha value is -2.43. The van der Waals surface area contributed by atoms with E-state index in [0.717, 1.165) is 17.2 Å². The zero-order valence-corrected chi connectivity index (χ0v) is 14.3. The van der Waals surface area contributed by atoms with E-state index in [9.17, 15) is 4.79 Å². The van der Waals surface area contributed by atoms with E-state index in [1.165, 1.54) is 32.1 Å². The molecule has 1 fully saturated rings. The third kappa shape index (κ3) is 4.31. The molecule has 1 saturated carbocycles. The third-order valence-electron chi connectivity index (χ3n) is 4.36. The Kier molecular flexibility index (Phi) is 5.08. The first-order valence-electron chi connectivity index (χ1n) is 8.60. The van der Waals surface area contributed by atoms with Gasteiger partial charge in [0.1, 0.15) is 5.82 Å². The van der Waals surface area contributed by atoms with E-state index in [2.05, 4.69) is 20.6 Å². The molecule has 0 aliphatic heterocycles. The summed E-state index contributed by atoms with van der Waals surface area (Å²) in [5.41, 5.74) is 2.53. The van der Waals surface area contributed by atoms with E-state index in [1.807, 2.05) is 37.3 Å². The van der Waals surface area contributed by atoms with Crippen molar-refractivity contribution in [1.29, 1.82) is 0 Å². The van der Waals surface area contributed by atoms with Gasteiger partial charge in [-0.1, -0.05) is 19.3 Å². The number of rotatable bonds is 5. The van der Waals surface area contributed by atoms with Gasteiger partial charge in [-0.05, 0) is 51.0 Å². The Balaban J connectivity index is 1.71. The Morgan fingerprint density at radius 1 is 1.08 bits per heavy atom. The minimum Gasteiger partial charge on any atom is -0.351 e. The lowest BCUT2D eigenvalue weighted by Gasteiger charge is -2.23. The largest absolute Gasteiger partial charge is 0.351 e. The topological polar surface area (TPSA) is 66.9 Å². The SMILES string of the molecule is CC(=O)c1ccc(Nc2cc(C)nc(NC3CCCCC3)n2)cc1. The van der Waals surface area contributed by atoms with Gasteiger partial charge in [-0.25, -0.2) is 4.98 Å². The summed E-state index contributed by atoms with van der Waals surface area (Å²) in [5, 5.41) is 6.75. The lowest BCUT2D eigenvalue weighted by molar-refractivity contribution is 0.101. The summed E-state index contributed by atoms with van der Waals surface area (Å²) in [6.07, 6.45) is 6.25. The predicted molar refractivity (Wildman–Crippen MR) is 97.0 cm³/mol. The van der Waals surface area contributed by atoms with Crippen molar-refractivity contribution in [3.8, 4) is 0 Å². The van der Waals surface area contributed by atoms with Gasteiger partial charge in [0, 0.05) is 29.1 Å². The van der Waals surface area contributed by atoms with Gasteiger partial charge in [0.15, 0.2) is 5.78 Å². The fraction of sp³-hybridized carbons (Fsp3) is 0.421. The second-order valence-electron chi connectivity index (χ2n) is 6.46. The molecular weight excluding hydrogens is 300 g/mol. The molecule has 2 aromatic rings. The molecule has 1 aliphatic carbocycles. The number of carbonyl (C=O) groups is 1. The van der Waals surface area contributed by atoms with Crippen molar-refractivity contribution in [2.75, 3.05) is 10.6 Å². The number of ketones is 1. The Bertz CT molecular complexity index is 706. The molecule has 0 atom stereocenters. The minimum absolute atomic E-state index is 0.0680. The molecular formula is C19H24N4O. The summed E-state index contributed by atoms with van der Waals surface area (Å²) < 4.78 is 0. The van der Waals surface area contributed by atoms with Crippen LogP contribution < -0.4 is 10.6 Å². The molecule has 24 heavy (non-hydrogen) atoms. The van der Waals surface area contributed by atoms with Crippen molar-refractivity contribution in [2.24, 2.45) is 0 Å². The third-order valence-corrected chi connectivity index (χ3v) is 4.36. The Morgan fingerprint density at radius 2 is 1.79 bits per heavy atom. The molecule has 0 saturated heterocycles. The number of Topliss-reactive ketones (excluding diaryl/α,β-unsaturated/α-hetero) is 1. The van der Waals surface area contributed by atoms with Crippen LogP contribution in [0, 0.1) is 6.92 Å². The van der Waals surface area contributed by atoms with Crippen molar-refractivity contribution in [2.45, 2.75) is 52.0 Å². The number of benzene rings is 1. The first-order chi connectivity index (χ1) is 11.6. The quantitative estimate of drug-likeness (QED) is 0.794. The average Bonchev–Trinajstić information content (AvgIpc) is 2.55. The first kappa shape index (κ1) is 16.4. The molecule has 0 amide bonds. The van der Waals surface area contributed by atoms with Crippen LogP contribution in [0.25, 0.3) is 0 Å². The molecule has 3 rings (SSSR count). The van der Waals surface area contributed by atoms with Crippen molar-refractivity contribution in [3.63, 3.8) is 0 Å². The second-order valence-corrected chi connectivity index (χ2v) is 6.46. The maximum atomic E-state index is 11.3. The molecule has 126 valence electrons. The van der Waals surface area contributed by atoms with Crippen LogP contribution in [-0.2, 0) is 0 Å². The standard InChI is InChI=1S/C19H24N4O/c1-13-12-18(21-17-10-8-15(9-11-17)14(2)24)23-19(20-13)22-16-6-4-3-5-7-16/h8-12,16H,3-7H2,1-2H3,(H2,20,21,22,23). The molecule has 5 heteroatoms. The summed E-state index contributed by atoms with van der Waals surface area (Å²) >= 11 is 0. The summed E-state index contributed by atoms with van der Waals surface area (Å²) in [7, 11) is 0. The number of hydrogen-bond donors (Lipinski definition) is 2. The van der Waals surface area contributed by atoms with Crippen LogP contribution in [0.3, 0.4) is 0 Å². The monoisotopic (exact) mass is 324 g/mol. The molecule has 1 aromatic carbocycles. The lowest BCUT2D eigenvalue weighted by atomic mass is 9.96. The highest BCUT2D eigenvalue weighted by Gasteiger charge is 2.14. The van der Waals surface area contributed by atoms with Crippen molar-refractivity contribution in [3.05, 3.63) is 41.6 Å². The van der Waals surface area contributed by atoms with Crippen LogP contribution in [-0.4, -0.2) is 21.8 Å². The number of aryl methyl sites for hydroxylation is 1. The van der Waals surface area contributed by atoms with Gasteiger partial charge in [-0.2, -0.15) is 4.98 Å². The normalized spacial score (nSPS) is 15.1. The maximum Gasteiger partial charge on any atom is 0.225 e. The number of carbonyl (C=O) groups excluding carboxylic acids is 1. The first-order valence-corrected chi connectivity index (χ1v) is 8.60. The van der Waals surface area contributed by atoms with Crippen molar-refractivity contribution >= 4 is 23.2 Å². The van der Waals surface area contributed by atoms with Gasteiger partial charge in [-0.15, -0.1) is 0 Å². The number of aromatic nitrogens is 2. The number of nitrogens with one attached hydrogen (secondary N) is 2. The predicted octanol–water partition coefficient (Wildman–Crippen LogP) is 4.48. The second kappa shape index (κ2) is 7.43. The smallest absolute Gasteiger partial charge is 0.225 e. The minimum atomic E-state index is 0.0680. The highest BCUT2D eigenvalue weighted by molar-refractivity contribution is 5.94. The van der Waals surface area contributed by atoms with Crippen LogP contribution >= 0.6 is 0 Å². The van der Waals surface area contributed by atoms with Gasteiger partial charge >= 0.3 is 0 Å². The van der Waals surface area contributed by atoms with E-state index in [4.69, 9.17) is 0 Å². The van der Waals surface area contributed by atoms with Crippen molar-refractivity contribution < 1.29 is 4.79 Å². The van der Waals surface area contributed by atoms with Gasteiger partial charge in [-0.3, -0.25) is 4.79 Å². The molecule has 1 aliphatic rings. The van der Waals surface area contributed by atoms with E-state index in [-0.39, 0.29) is 5.78 Å². The molecule has 0 bridgehead atoms. The van der Waals surface area contributed by atoms with E-state index >= 15 is 0 Å². The molecule has 0 spiro atoms. The maximum absolute atomic E-state index is 11.3. The van der Waals surface area contributed by atoms with Crippen LogP contribution in [0.1, 0.15) is 55.1 Å². The average molecular weight is 324 g/mol. The summed E-state index contributed by atoms with van der Waals surface area (Å²) in [4.78, 5) is 20.4. The number of hydrogen-bond acceptors (Lipinski definition) is 5. The van der Waals surface area contributed by atoms with Crippen LogP contribution in [0.15, 0.2) is 30.3 Å². The molecule has 0 unspecified atom stereocenters. The Labute approximate surface area is 142 Å². The van der Waals surface area contributed by atoms with Gasteiger partial charge in [0.05, 0.1) is 0 Å². The van der Waals surface area contributed by atoms with E-state index in [0.29, 0.717) is 17.6 Å². The van der Waals surface area contributed by atoms with Crippen LogP contribution in [0.2, 0.25) is 0 Å². The highest BCUT2D eigenvalue weighted by atomic mass is 16.1. The summed E-state index contributed by atoms with van der Waals surface area (Å²) in [6, 6.07) is 9.82. The van der Waals surface area contributed by atoms with Gasteiger partial charge in [0.2, 0.25) is 5.95 Å².